The van der Waals surface area contributed by atoms with Crippen molar-refractivity contribution in [3.05, 3.63) is 0 Å². The second-order valence-corrected chi connectivity index (χ2v) is 7.63. The number of ether oxygens (including phenoxy) is 1. The van der Waals surface area contributed by atoms with Crippen LogP contribution in [0.15, 0.2) is 0 Å². The largest absolute Gasteiger partial charge is 0.469 e. The van der Waals surface area contributed by atoms with Gasteiger partial charge in [0.05, 0.1) is 13.5 Å². The third-order valence-electron chi connectivity index (χ3n) is 0.818. The maximum atomic E-state index is 10.5. The number of methoxy groups -OCH3 is 1. The monoisotopic (exact) mass is 199 g/mol. The molecule has 0 spiro atoms. The van der Waals surface area contributed by atoms with E-state index in [2.05, 4.69) is 4.74 Å². The van der Waals surface area contributed by atoms with Gasteiger partial charge in [-0.3, -0.25) is 9.93 Å². The third-order valence-corrected chi connectivity index (χ3v) is 2.59. The molecule has 0 saturated heterocycles. The van der Waals surface area contributed by atoms with Gasteiger partial charge >= 0.3 is 5.97 Å². The molecule has 0 aliphatic rings. The van der Waals surface area contributed by atoms with E-state index in [1.807, 2.05) is 0 Å². The highest BCUT2D eigenvalue weighted by atomic mass is 33.1. The summed E-state index contributed by atoms with van der Waals surface area (Å²) in [5, 5.41) is 5.34. The van der Waals surface area contributed by atoms with Crippen LogP contribution in [0.5, 0.6) is 0 Å². The number of carbonyl (C=O) groups excluding carboxylic acids is 1. The Labute approximate surface area is 69.9 Å². The van der Waals surface area contributed by atoms with E-state index in [0.29, 0.717) is 5.75 Å². The summed E-state index contributed by atoms with van der Waals surface area (Å²) in [4.78, 5) is 10.5. The molecule has 3 nitrogen and oxygen atoms in total. The summed E-state index contributed by atoms with van der Waals surface area (Å²) < 4.78 is 4.37. The summed E-state index contributed by atoms with van der Waals surface area (Å²) in [7, 11) is -0.541. The number of hydrogen-bond donors (Lipinski definition) is 1. The SMILES string of the molecule is COC(=O)CCS(N)(=S)=S. The van der Waals surface area contributed by atoms with Crippen molar-refractivity contribution >= 4 is 35.7 Å². The molecule has 10 heavy (non-hydrogen) atoms. The molecule has 0 aliphatic carbocycles. The number of nitrogens with two attached hydrogens (primary N) is 1. The predicted octanol–water partition coefficient (Wildman–Crippen LogP) is -0.499. The highest BCUT2D eigenvalue weighted by Crippen LogP contribution is 1.88. The summed E-state index contributed by atoms with van der Waals surface area (Å²) in [5.74, 6) is 0.0710. The van der Waals surface area contributed by atoms with Crippen LogP contribution in [0.2, 0.25) is 0 Å². The Bertz CT molecular complexity index is 209. The minimum Gasteiger partial charge on any atom is -0.469 e. The van der Waals surface area contributed by atoms with Crippen molar-refractivity contribution in [1.29, 1.82) is 0 Å². The van der Waals surface area contributed by atoms with E-state index in [1.165, 1.54) is 7.11 Å². The van der Waals surface area contributed by atoms with E-state index in [9.17, 15) is 4.79 Å². The molecule has 0 aromatic heterocycles. The number of hydrogen-bond acceptors (Lipinski definition) is 4. The van der Waals surface area contributed by atoms with Crippen LogP contribution in [0.1, 0.15) is 6.42 Å². The van der Waals surface area contributed by atoms with Crippen LogP contribution >= 0.6 is 0 Å². The quantitative estimate of drug-likeness (QED) is 0.621. The number of carbonyl (C=O) groups is 1. The van der Waals surface area contributed by atoms with Gasteiger partial charge in [0.1, 0.15) is 0 Å². The molecular formula is C4H9NO2S3. The van der Waals surface area contributed by atoms with Crippen molar-refractivity contribution < 1.29 is 9.53 Å². The summed E-state index contributed by atoms with van der Waals surface area (Å²) in [6.07, 6.45) is 0.231. The zero-order valence-corrected chi connectivity index (χ0v) is 7.98. The van der Waals surface area contributed by atoms with Gasteiger partial charge in [-0.2, -0.15) is 0 Å². The Hall–Kier alpha value is 0.220. The third kappa shape index (κ3) is 6.34. The van der Waals surface area contributed by atoms with E-state index in [1.54, 1.807) is 0 Å². The highest BCUT2D eigenvalue weighted by Gasteiger charge is 2.01. The molecule has 0 radical (unpaired) electrons. The van der Waals surface area contributed by atoms with Crippen LogP contribution in [0.3, 0.4) is 0 Å². The molecule has 2 N–H and O–H groups in total. The highest BCUT2D eigenvalue weighted by molar-refractivity contribution is 8.55. The molecule has 0 aliphatic heterocycles. The standard InChI is InChI=1S/C4H9NO2S3/c1-7-4(6)2-3-10(5,8)9/h2-3H2,1H3,(H2,5,8,9). The molecule has 6 heteroatoms. The zero-order valence-electron chi connectivity index (χ0n) is 5.53. The summed E-state index contributed by atoms with van der Waals surface area (Å²) in [6.45, 7) is 0. The van der Waals surface area contributed by atoms with E-state index >= 15 is 0 Å². The Balaban J connectivity index is 3.67. The first-order chi connectivity index (χ1) is 4.45. The Morgan fingerprint density at radius 2 is 2.20 bits per heavy atom. The van der Waals surface area contributed by atoms with Crippen molar-refractivity contribution in [3.8, 4) is 0 Å². The van der Waals surface area contributed by atoms with Gasteiger partial charge in [0.25, 0.3) is 0 Å². The molecule has 0 heterocycles. The first-order valence-electron chi connectivity index (χ1n) is 2.53. The van der Waals surface area contributed by atoms with E-state index in [4.69, 9.17) is 27.5 Å². The second kappa shape index (κ2) is 4.17. The molecular weight excluding hydrogens is 190 g/mol. The molecule has 0 bridgehead atoms. The fraction of sp³-hybridized carbons (Fsp3) is 0.750. The van der Waals surface area contributed by atoms with Crippen molar-refractivity contribution in [1.82, 2.24) is 0 Å². The lowest BCUT2D eigenvalue weighted by Gasteiger charge is -2.00. The second-order valence-electron chi connectivity index (χ2n) is 1.69. The van der Waals surface area contributed by atoms with Crippen LogP contribution < -0.4 is 5.14 Å². The molecule has 0 aromatic carbocycles. The van der Waals surface area contributed by atoms with Crippen LogP contribution in [-0.2, 0) is 39.2 Å². The topological polar surface area (TPSA) is 52.3 Å². The summed E-state index contributed by atoms with van der Waals surface area (Å²) >= 11 is 9.44. The van der Waals surface area contributed by atoms with Gasteiger partial charge in [-0.1, -0.05) is 0 Å². The van der Waals surface area contributed by atoms with Crippen LogP contribution in [0.25, 0.3) is 0 Å². The van der Waals surface area contributed by atoms with Crippen molar-refractivity contribution in [2.45, 2.75) is 6.42 Å². The van der Waals surface area contributed by atoms with E-state index in [0.717, 1.165) is 0 Å². The fourth-order valence-electron chi connectivity index (χ4n) is 0.328. The maximum absolute atomic E-state index is 10.5. The molecule has 0 rings (SSSR count). The summed E-state index contributed by atoms with van der Waals surface area (Å²) in [6, 6.07) is 0. The number of esters is 1. The Morgan fingerprint density at radius 3 is 2.50 bits per heavy atom. The van der Waals surface area contributed by atoms with Gasteiger partial charge in [0.15, 0.2) is 0 Å². The van der Waals surface area contributed by atoms with Gasteiger partial charge in [-0.05, 0) is 29.7 Å². The molecule has 0 unspecified atom stereocenters. The number of rotatable bonds is 3. The van der Waals surface area contributed by atoms with Crippen LogP contribution in [-0.4, -0.2) is 18.8 Å². The van der Waals surface area contributed by atoms with Crippen LogP contribution in [0.4, 0.5) is 0 Å². The van der Waals surface area contributed by atoms with Crippen molar-refractivity contribution in [3.63, 3.8) is 0 Å². The average molecular weight is 199 g/mol. The minimum absolute atomic E-state index is 0.231. The maximum Gasteiger partial charge on any atom is 0.306 e. The Kier molecular flexibility index (Phi) is 4.26. The molecule has 0 saturated carbocycles. The van der Waals surface area contributed by atoms with Gasteiger partial charge < -0.3 is 4.74 Å². The summed E-state index contributed by atoms with van der Waals surface area (Å²) in [5.41, 5.74) is 0. The lowest BCUT2D eigenvalue weighted by Crippen LogP contribution is -2.16. The van der Waals surface area contributed by atoms with Gasteiger partial charge in [0, 0.05) is 5.75 Å². The normalized spacial score (nSPS) is 11.0. The minimum atomic E-state index is -1.86. The van der Waals surface area contributed by atoms with E-state index < -0.39 is 7.33 Å². The lowest BCUT2D eigenvalue weighted by molar-refractivity contribution is -0.140. The first kappa shape index (κ1) is 10.2. The van der Waals surface area contributed by atoms with Gasteiger partial charge in [-0.25, -0.2) is 0 Å². The molecule has 0 fully saturated rings. The van der Waals surface area contributed by atoms with Crippen molar-refractivity contribution in [2.24, 2.45) is 5.14 Å². The van der Waals surface area contributed by atoms with Gasteiger partial charge in [-0.15, -0.1) is 0 Å². The van der Waals surface area contributed by atoms with Gasteiger partial charge in [0.2, 0.25) is 0 Å². The van der Waals surface area contributed by atoms with E-state index in [-0.39, 0.29) is 12.4 Å². The van der Waals surface area contributed by atoms with Crippen molar-refractivity contribution in [2.75, 3.05) is 12.9 Å². The average Bonchev–Trinajstić information content (AvgIpc) is 1.81. The molecule has 0 atom stereocenters. The first-order valence-corrected chi connectivity index (χ1v) is 6.24. The lowest BCUT2D eigenvalue weighted by atomic mass is 10.5. The predicted molar refractivity (Wildman–Crippen MR) is 47.8 cm³/mol. The zero-order chi connectivity index (χ0) is 8.20. The molecule has 0 aromatic rings. The van der Waals surface area contributed by atoms with Crippen LogP contribution in [0, 0.1) is 0 Å². The fourth-order valence-corrected chi connectivity index (χ4v) is 1.28. The molecule has 0 amide bonds. The molecule has 60 valence electrons. The Morgan fingerprint density at radius 1 is 1.70 bits per heavy atom. The smallest absolute Gasteiger partial charge is 0.306 e.